The Balaban J connectivity index is 4.36. The largest absolute Gasteiger partial charge is 0.756 e. The minimum atomic E-state index is -4.58. The van der Waals surface area contributed by atoms with Gasteiger partial charge in [0.15, 0.2) is 0 Å². The van der Waals surface area contributed by atoms with Crippen LogP contribution in [0.1, 0.15) is 226 Å². The molecule has 9 heteroatoms. The molecular formula is C46H93N2O6P. The Hall–Kier alpha value is -0.760. The van der Waals surface area contributed by atoms with E-state index in [1.807, 2.05) is 27.2 Å². The molecule has 0 saturated heterocycles. The molecule has 0 saturated carbocycles. The van der Waals surface area contributed by atoms with Gasteiger partial charge in [0.2, 0.25) is 5.91 Å². The highest BCUT2D eigenvalue weighted by Gasteiger charge is 2.23. The number of nitrogens with zero attached hydrogens (tertiary/aromatic N) is 1. The molecule has 3 unspecified atom stereocenters. The summed E-state index contributed by atoms with van der Waals surface area (Å²) >= 11 is 0. The van der Waals surface area contributed by atoms with Gasteiger partial charge in [0.05, 0.1) is 39.9 Å². The van der Waals surface area contributed by atoms with Gasteiger partial charge < -0.3 is 28.8 Å². The molecule has 0 fully saturated rings. The molecule has 3 atom stereocenters. The van der Waals surface area contributed by atoms with Crippen molar-refractivity contribution in [2.24, 2.45) is 0 Å². The fraction of sp³-hybridized carbons (Fsp3) is 0.935. The van der Waals surface area contributed by atoms with Crippen LogP contribution in [-0.2, 0) is 18.4 Å². The minimum absolute atomic E-state index is 0.00224. The number of hydrogen-bond donors (Lipinski definition) is 2. The minimum Gasteiger partial charge on any atom is -0.756 e. The number of unbranched alkanes of at least 4 members (excludes halogenated alkanes) is 30. The quantitative estimate of drug-likeness (QED) is 0.0275. The van der Waals surface area contributed by atoms with E-state index in [0.717, 1.165) is 38.5 Å². The highest BCUT2D eigenvalue weighted by Crippen LogP contribution is 2.38. The number of nitrogens with one attached hydrogen (secondary N) is 1. The van der Waals surface area contributed by atoms with E-state index in [2.05, 4.69) is 19.2 Å². The molecule has 0 aromatic carbocycles. The van der Waals surface area contributed by atoms with Crippen LogP contribution in [0, 0.1) is 0 Å². The lowest BCUT2D eigenvalue weighted by molar-refractivity contribution is -0.870. The lowest BCUT2D eigenvalue weighted by atomic mass is 10.0. The number of aliphatic hydroxyl groups is 1. The van der Waals surface area contributed by atoms with Crippen LogP contribution in [0.25, 0.3) is 0 Å². The van der Waals surface area contributed by atoms with Crippen LogP contribution in [0.2, 0.25) is 0 Å². The molecular weight excluding hydrogens is 707 g/mol. The van der Waals surface area contributed by atoms with Crippen LogP contribution in [-0.4, -0.2) is 68.5 Å². The second-order valence-electron chi connectivity index (χ2n) is 17.5. The van der Waals surface area contributed by atoms with Crippen molar-refractivity contribution in [3.63, 3.8) is 0 Å². The number of allylic oxidation sites excluding steroid dienone is 1. The SMILES string of the molecule is CCCCCCCCCCCCCCCC/C=C/C(O)C(COP(=O)([O-])OCC[N+](C)(C)C)NC(=O)CCCCCCCCCCCCCCCCCCC. The van der Waals surface area contributed by atoms with Crippen LogP contribution in [0.5, 0.6) is 0 Å². The summed E-state index contributed by atoms with van der Waals surface area (Å²) in [5.41, 5.74) is 0. The molecule has 0 aromatic rings. The normalized spacial score (nSPS) is 14.4. The fourth-order valence-electron chi connectivity index (χ4n) is 6.98. The molecule has 8 nitrogen and oxygen atoms in total. The first kappa shape index (κ1) is 54.2. The molecule has 0 heterocycles. The van der Waals surface area contributed by atoms with E-state index >= 15 is 0 Å². The van der Waals surface area contributed by atoms with Crippen molar-refractivity contribution in [2.45, 2.75) is 238 Å². The summed E-state index contributed by atoms with van der Waals surface area (Å²) in [4.78, 5) is 25.3. The summed E-state index contributed by atoms with van der Waals surface area (Å²) in [6, 6.07) is -0.879. The van der Waals surface area contributed by atoms with Crippen molar-refractivity contribution in [1.82, 2.24) is 5.32 Å². The van der Waals surface area contributed by atoms with Crippen LogP contribution >= 0.6 is 7.82 Å². The number of phosphoric acid groups is 1. The summed E-state index contributed by atoms with van der Waals surface area (Å²) in [6.07, 6.45) is 43.9. The lowest BCUT2D eigenvalue weighted by Gasteiger charge is -2.29. The average Bonchev–Trinajstić information content (AvgIpc) is 3.13. The van der Waals surface area contributed by atoms with Crippen LogP contribution in [0.4, 0.5) is 0 Å². The predicted molar refractivity (Wildman–Crippen MR) is 233 cm³/mol. The molecule has 328 valence electrons. The predicted octanol–water partition coefficient (Wildman–Crippen LogP) is 12.5. The number of quaternary nitrogens is 1. The summed E-state index contributed by atoms with van der Waals surface area (Å²) in [6.45, 7) is 4.67. The number of carbonyl (C=O) groups is 1. The zero-order valence-corrected chi connectivity index (χ0v) is 38.0. The van der Waals surface area contributed by atoms with Gasteiger partial charge in [-0.15, -0.1) is 0 Å². The second kappa shape index (κ2) is 38.7. The van der Waals surface area contributed by atoms with Gasteiger partial charge in [-0.3, -0.25) is 9.36 Å². The van der Waals surface area contributed by atoms with E-state index in [9.17, 15) is 19.4 Å². The zero-order chi connectivity index (χ0) is 40.7. The summed E-state index contributed by atoms with van der Waals surface area (Å²) in [5.74, 6) is -0.194. The third kappa shape index (κ3) is 41.2. The fourth-order valence-corrected chi connectivity index (χ4v) is 7.70. The van der Waals surface area contributed by atoms with Crippen molar-refractivity contribution in [3.8, 4) is 0 Å². The molecule has 1 amide bonds. The lowest BCUT2D eigenvalue weighted by Crippen LogP contribution is -2.45. The number of likely N-dealkylation sites (N-methyl/N-ethyl adjacent to an activating group) is 1. The van der Waals surface area contributed by atoms with E-state index in [1.165, 1.54) is 167 Å². The van der Waals surface area contributed by atoms with Crippen LogP contribution in [0.3, 0.4) is 0 Å². The maximum absolute atomic E-state index is 12.9. The first-order valence-corrected chi connectivity index (χ1v) is 25.0. The Kier molecular flexibility index (Phi) is 38.2. The van der Waals surface area contributed by atoms with Gasteiger partial charge in [-0.2, -0.15) is 0 Å². The number of aliphatic hydroxyl groups excluding tert-OH is 1. The van der Waals surface area contributed by atoms with Gasteiger partial charge in [-0.05, 0) is 19.3 Å². The summed E-state index contributed by atoms with van der Waals surface area (Å²) in [7, 11) is 1.27. The van der Waals surface area contributed by atoms with Gasteiger partial charge in [-0.1, -0.05) is 212 Å². The van der Waals surface area contributed by atoms with Gasteiger partial charge in [0.25, 0.3) is 7.82 Å². The number of rotatable bonds is 43. The van der Waals surface area contributed by atoms with Crippen LogP contribution < -0.4 is 10.2 Å². The van der Waals surface area contributed by atoms with Gasteiger partial charge in [0, 0.05) is 6.42 Å². The molecule has 0 aromatic heterocycles. The third-order valence-corrected chi connectivity index (χ3v) is 11.7. The third-order valence-electron chi connectivity index (χ3n) is 10.7. The van der Waals surface area contributed by atoms with Gasteiger partial charge in [0.1, 0.15) is 13.2 Å². The van der Waals surface area contributed by atoms with E-state index in [1.54, 1.807) is 6.08 Å². The van der Waals surface area contributed by atoms with Crippen molar-refractivity contribution in [1.29, 1.82) is 0 Å². The first-order chi connectivity index (χ1) is 26.5. The maximum atomic E-state index is 12.9. The van der Waals surface area contributed by atoms with Crippen molar-refractivity contribution >= 4 is 13.7 Å². The number of carbonyl (C=O) groups excluding carboxylic acids is 1. The van der Waals surface area contributed by atoms with Crippen molar-refractivity contribution < 1.29 is 32.9 Å². The molecule has 0 aliphatic carbocycles. The molecule has 55 heavy (non-hydrogen) atoms. The van der Waals surface area contributed by atoms with Crippen molar-refractivity contribution in [2.75, 3.05) is 40.9 Å². The summed E-state index contributed by atoms with van der Waals surface area (Å²) < 4.78 is 23.2. The van der Waals surface area contributed by atoms with E-state index in [0.29, 0.717) is 17.4 Å². The van der Waals surface area contributed by atoms with Gasteiger partial charge >= 0.3 is 0 Å². The standard InChI is InChI=1S/C46H93N2O6P/c1-6-8-10-12-14-16-18-20-22-24-26-28-30-32-34-36-38-40-46(50)47-44(43-54-55(51,52)53-42-41-48(3,4)5)45(49)39-37-35-33-31-29-27-25-23-21-19-17-15-13-11-9-7-2/h37,39,44-45,49H,6-36,38,40-43H2,1-5H3,(H-,47,50,51,52)/b39-37+. The highest BCUT2D eigenvalue weighted by atomic mass is 31.2. The molecule has 2 N–H and O–H groups in total. The maximum Gasteiger partial charge on any atom is 0.268 e. The Morgan fingerprint density at radius 1 is 0.618 bits per heavy atom. The van der Waals surface area contributed by atoms with E-state index in [-0.39, 0.29) is 19.1 Å². The Labute approximate surface area is 342 Å². The molecule has 0 radical (unpaired) electrons. The Morgan fingerprint density at radius 2 is 0.982 bits per heavy atom. The first-order valence-electron chi connectivity index (χ1n) is 23.6. The van der Waals surface area contributed by atoms with Crippen molar-refractivity contribution in [3.05, 3.63) is 12.2 Å². The molecule has 0 spiro atoms. The molecule has 0 bridgehead atoms. The summed E-state index contributed by atoms with van der Waals surface area (Å²) in [5, 5.41) is 13.8. The molecule has 0 aliphatic rings. The Morgan fingerprint density at radius 3 is 1.36 bits per heavy atom. The highest BCUT2D eigenvalue weighted by molar-refractivity contribution is 7.45. The number of phosphoric ester groups is 1. The van der Waals surface area contributed by atoms with E-state index in [4.69, 9.17) is 9.05 Å². The number of hydrogen-bond acceptors (Lipinski definition) is 6. The monoisotopic (exact) mass is 801 g/mol. The molecule has 0 rings (SSSR count). The second-order valence-corrected chi connectivity index (χ2v) is 18.9. The number of amides is 1. The molecule has 0 aliphatic heterocycles. The zero-order valence-electron chi connectivity index (χ0n) is 37.1. The van der Waals surface area contributed by atoms with Crippen LogP contribution in [0.15, 0.2) is 12.2 Å². The van der Waals surface area contributed by atoms with E-state index < -0.39 is 20.0 Å². The average molecular weight is 801 g/mol. The smallest absolute Gasteiger partial charge is 0.268 e. The Bertz CT molecular complexity index is 911. The van der Waals surface area contributed by atoms with Gasteiger partial charge in [-0.25, -0.2) is 0 Å². The topological polar surface area (TPSA) is 108 Å².